The summed E-state index contributed by atoms with van der Waals surface area (Å²) in [6.45, 7) is 2.30. The third-order valence-electron chi connectivity index (χ3n) is 7.80. The van der Waals surface area contributed by atoms with E-state index >= 15 is 0 Å². The molecule has 0 fully saturated rings. The van der Waals surface area contributed by atoms with Gasteiger partial charge in [-0.25, -0.2) is 0 Å². The van der Waals surface area contributed by atoms with Crippen LogP contribution in [-0.2, 0) is 12.8 Å². The van der Waals surface area contributed by atoms with Gasteiger partial charge < -0.3 is 10.6 Å². The highest BCUT2D eigenvalue weighted by molar-refractivity contribution is 5.26. The van der Waals surface area contributed by atoms with Gasteiger partial charge in [-0.05, 0) is 87.7 Å². The van der Waals surface area contributed by atoms with E-state index in [1.807, 2.05) is 12.4 Å². The lowest BCUT2D eigenvalue weighted by molar-refractivity contribution is 0.440. The molecule has 0 saturated heterocycles. The molecule has 186 valence electrons. The van der Waals surface area contributed by atoms with E-state index in [0.717, 1.165) is 25.9 Å². The fourth-order valence-corrected chi connectivity index (χ4v) is 5.85. The molecule has 4 rings (SSSR count). The predicted octanol–water partition coefficient (Wildman–Crippen LogP) is 7.01. The van der Waals surface area contributed by atoms with E-state index in [9.17, 15) is 0 Å². The van der Waals surface area contributed by atoms with Crippen molar-refractivity contribution < 1.29 is 0 Å². The molecule has 2 aliphatic rings. The number of hydrogen-bond donors (Lipinski definition) is 2. The van der Waals surface area contributed by atoms with Crippen molar-refractivity contribution in [1.29, 1.82) is 0 Å². The van der Waals surface area contributed by atoms with Crippen LogP contribution in [0.5, 0.6) is 0 Å². The average molecular weight is 463 g/mol. The van der Waals surface area contributed by atoms with Crippen LogP contribution in [0.15, 0.2) is 36.7 Å². The summed E-state index contributed by atoms with van der Waals surface area (Å²) in [5.41, 5.74) is 5.52. The Morgan fingerprint density at radius 1 is 0.588 bits per heavy atom. The molecule has 0 radical (unpaired) electrons. The van der Waals surface area contributed by atoms with Gasteiger partial charge in [0.1, 0.15) is 0 Å². The molecule has 0 spiro atoms. The lowest BCUT2D eigenvalue weighted by Gasteiger charge is -2.25. The van der Waals surface area contributed by atoms with E-state index in [1.165, 1.54) is 112 Å². The summed E-state index contributed by atoms with van der Waals surface area (Å²) < 4.78 is 0. The normalized spacial score (nSPS) is 19.5. The molecular weight excluding hydrogens is 416 g/mol. The summed E-state index contributed by atoms with van der Waals surface area (Å²) in [5.74, 6) is 0. The third kappa shape index (κ3) is 7.88. The second-order valence-corrected chi connectivity index (χ2v) is 10.4. The second-order valence-electron chi connectivity index (χ2n) is 10.4. The zero-order chi connectivity index (χ0) is 23.3. The summed E-state index contributed by atoms with van der Waals surface area (Å²) in [6, 6.07) is 9.77. The minimum absolute atomic E-state index is 0.531. The van der Waals surface area contributed by atoms with Crippen LogP contribution in [-0.4, -0.2) is 23.1 Å². The zero-order valence-corrected chi connectivity index (χ0v) is 21.2. The molecule has 2 atom stereocenters. The first-order valence-corrected chi connectivity index (χ1v) is 14.3. The monoisotopic (exact) mass is 462 g/mol. The van der Waals surface area contributed by atoms with E-state index in [1.54, 1.807) is 0 Å². The Hall–Kier alpha value is -1.78. The molecule has 4 heteroatoms. The van der Waals surface area contributed by atoms with E-state index in [0.29, 0.717) is 12.1 Å². The number of aromatic nitrogens is 2. The Labute approximate surface area is 207 Å². The maximum absolute atomic E-state index is 4.56. The molecular formula is C30H46N4. The van der Waals surface area contributed by atoms with E-state index < -0.39 is 0 Å². The molecule has 2 heterocycles. The van der Waals surface area contributed by atoms with Crippen LogP contribution in [0.1, 0.15) is 124 Å². The third-order valence-corrected chi connectivity index (χ3v) is 7.80. The highest BCUT2D eigenvalue weighted by Gasteiger charge is 2.20. The number of nitrogens with zero attached hydrogens (tertiary/aromatic N) is 2. The molecule has 2 aromatic heterocycles. The maximum atomic E-state index is 4.56. The van der Waals surface area contributed by atoms with E-state index in [2.05, 4.69) is 44.9 Å². The van der Waals surface area contributed by atoms with Crippen LogP contribution in [0.25, 0.3) is 0 Å². The Morgan fingerprint density at radius 3 is 1.44 bits per heavy atom. The quantitative estimate of drug-likeness (QED) is 0.279. The van der Waals surface area contributed by atoms with Crippen molar-refractivity contribution in [3.8, 4) is 0 Å². The number of rotatable bonds is 15. The van der Waals surface area contributed by atoms with Gasteiger partial charge in [0.05, 0.1) is 0 Å². The Balaban J connectivity index is 0.934. The molecule has 0 aliphatic heterocycles. The summed E-state index contributed by atoms with van der Waals surface area (Å²) >= 11 is 0. The molecule has 2 aliphatic carbocycles. The molecule has 0 amide bonds. The first-order valence-electron chi connectivity index (χ1n) is 14.3. The van der Waals surface area contributed by atoms with Crippen molar-refractivity contribution in [1.82, 2.24) is 20.6 Å². The van der Waals surface area contributed by atoms with E-state index in [4.69, 9.17) is 0 Å². The first kappa shape index (κ1) is 25.3. The van der Waals surface area contributed by atoms with Crippen molar-refractivity contribution >= 4 is 0 Å². The lowest BCUT2D eigenvalue weighted by Crippen LogP contribution is -2.26. The smallest absolute Gasteiger partial charge is 0.0451 e. The largest absolute Gasteiger partial charge is 0.310 e. The molecule has 34 heavy (non-hydrogen) atoms. The summed E-state index contributed by atoms with van der Waals surface area (Å²) in [5, 5.41) is 7.58. The highest BCUT2D eigenvalue weighted by Crippen LogP contribution is 2.29. The van der Waals surface area contributed by atoms with Crippen molar-refractivity contribution in [2.24, 2.45) is 0 Å². The fourth-order valence-electron chi connectivity index (χ4n) is 5.85. The first-order chi connectivity index (χ1) is 16.9. The van der Waals surface area contributed by atoms with Gasteiger partial charge in [-0.15, -0.1) is 0 Å². The Bertz CT molecular complexity index is 767. The number of fused-ring (bicyclic) bond motifs is 2. The fraction of sp³-hybridized carbons (Fsp3) is 0.667. The molecule has 4 nitrogen and oxygen atoms in total. The molecule has 2 unspecified atom stereocenters. The molecule has 0 saturated carbocycles. The van der Waals surface area contributed by atoms with Crippen LogP contribution in [0.4, 0.5) is 0 Å². The Morgan fingerprint density at radius 2 is 1.00 bits per heavy atom. The van der Waals surface area contributed by atoms with Gasteiger partial charge in [-0.1, -0.05) is 63.5 Å². The number of pyridine rings is 2. The minimum Gasteiger partial charge on any atom is -0.310 e. The van der Waals surface area contributed by atoms with Crippen molar-refractivity contribution in [3.63, 3.8) is 0 Å². The summed E-state index contributed by atoms with van der Waals surface area (Å²) in [7, 11) is 0. The van der Waals surface area contributed by atoms with Crippen LogP contribution >= 0.6 is 0 Å². The second kappa shape index (κ2) is 14.6. The van der Waals surface area contributed by atoms with Crippen LogP contribution in [0.2, 0.25) is 0 Å². The van der Waals surface area contributed by atoms with Gasteiger partial charge in [-0.2, -0.15) is 0 Å². The van der Waals surface area contributed by atoms with Gasteiger partial charge in [0.2, 0.25) is 0 Å². The minimum atomic E-state index is 0.531. The molecule has 0 bridgehead atoms. The molecule has 2 aromatic rings. The summed E-state index contributed by atoms with van der Waals surface area (Å²) in [4.78, 5) is 9.13. The van der Waals surface area contributed by atoms with Crippen LogP contribution < -0.4 is 10.6 Å². The molecule has 0 aromatic carbocycles. The topological polar surface area (TPSA) is 49.8 Å². The molecule has 2 N–H and O–H groups in total. The lowest BCUT2D eigenvalue weighted by atomic mass is 9.91. The summed E-state index contributed by atoms with van der Waals surface area (Å²) in [6.07, 6.45) is 25.0. The van der Waals surface area contributed by atoms with Crippen molar-refractivity contribution in [3.05, 3.63) is 59.2 Å². The van der Waals surface area contributed by atoms with Gasteiger partial charge >= 0.3 is 0 Å². The highest BCUT2D eigenvalue weighted by atomic mass is 14.9. The van der Waals surface area contributed by atoms with Gasteiger partial charge in [-0.3, -0.25) is 9.97 Å². The van der Waals surface area contributed by atoms with Gasteiger partial charge in [0, 0.05) is 35.9 Å². The average Bonchev–Trinajstić information content (AvgIpc) is 2.89. The number of aryl methyl sites for hydroxylation is 2. The van der Waals surface area contributed by atoms with Gasteiger partial charge in [0.25, 0.3) is 0 Å². The standard InChI is InChI=1S/C30H46N4/c1(3-5-7-9-21-31-27-17-11-19-29-25(27)15-13-23-33-29)2-4-6-8-10-22-32-28-18-12-20-30-26(28)16-14-24-34-30/h13-16,23-24,27-28,31-32H,1-12,17-22H2. The van der Waals surface area contributed by atoms with Crippen molar-refractivity contribution in [2.75, 3.05) is 13.1 Å². The number of nitrogens with one attached hydrogen (secondary N) is 2. The number of hydrogen-bond acceptors (Lipinski definition) is 4. The SMILES string of the molecule is c1cnc2c(c1)C(NCCCCCCCCCCCCNC1CCCc3ncccc31)CCC2. The Kier molecular flexibility index (Phi) is 10.9. The predicted molar refractivity (Wildman–Crippen MR) is 142 cm³/mol. The van der Waals surface area contributed by atoms with Gasteiger partial charge in [0.15, 0.2) is 0 Å². The van der Waals surface area contributed by atoms with Crippen LogP contribution in [0.3, 0.4) is 0 Å². The van der Waals surface area contributed by atoms with E-state index in [-0.39, 0.29) is 0 Å². The number of unbranched alkanes of at least 4 members (excludes halogenated alkanes) is 9. The zero-order valence-electron chi connectivity index (χ0n) is 21.2. The van der Waals surface area contributed by atoms with Crippen molar-refractivity contribution in [2.45, 2.75) is 115 Å². The van der Waals surface area contributed by atoms with Crippen LogP contribution in [0, 0.1) is 0 Å². The maximum Gasteiger partial charge on any atom is 0.0451 e.